The summed E-state index contributed by atoms with van der Waals surface area (Å²) in [6.45, 7) is 8.92. The molecule has 0 amide bonds. The van der Waals surface area contributed by atoms with E-state index in [1.54, 1.807) is 0 Å². The molecule has 0 aromatic rings. The molecule has 4 bridgehead atoms. The molecule has 4 rings (SSSR count). The molecule has 1 nitrogen and oxygen atoms in total. The number of carbonyl (C=O) groups is 1. The van der Waals surface area contributed by atoms with Gasteiger partial charge in [-0.15, -0.1) is 0 Å². The van der Waals surface area contributed by atoms with Crippen molar-refractivity contribution < 1.29 is 4.79 Å². The van der Waals surface area contributed by atoms with E-state index in [0.717, 1.165) is 17.9 Å². The van der Waals surface area contributed by atoms with E-state index in [9.17, 15) is 4.79 Å². The molecule has 0 heterocycles. The third-order valence-corrected chi connectivity index (χ3v) is 5.91. The first-order chi connectivity index (χ1) is 7.41. The smallest absolute Gasteiger partial charge is 0.162 e. The van der Waals surface area contributed by atoms with Crippen LogP contribution in [0.2, 0.25) is 0 Å². The van der Waals surface area contributed by atoms with Gasteiger partial charge in [-0.05, 0) is 55.4 Å². The summed E-state index contributed by atoms with van der Waals surface area (Å²) in [7, 11) is 0. The second kappa shape index (κ2) is 2.80. The fourth-order valence-corrected chi connectivity index (χ4v) is 5.29. The van der Waals surface area contributed by atoms with Gasteiger partial charge < -0.3 is 0 Å². The Morgan fingerprint density at radius 1 is 1.19 bits per heavy atom. The second-order valence-electron chi connectivity index (χ2n) is 6.90. The van der Waals surface area contributed by atoms with E-state index in [2.05, 4.69) is 27.7 Å². The van der Waals surface area contributed by atoms with Crippen molar-refractivity contribution >= 4 is 5.78 Å². The summed E-state index contributed by atoms with van der Waals surface area (Å²) in [6.07, 6.45) is 4.95. The Bertz CT molecular complexity index is 384. The number of Topliss-reactive ketones (excluding diaryl/α,β-unsaturated/α-hetero) is 1. The molecule has 4 saturated carbocycles. The van der Waals surface area contributed by atoms with Crippen molar-refractivity contribution in [3.63, 3.8) is 0 Å². The van der Waals surface area contributed by atoms with E-state index < -0.39 is 0 Å². The molecule has 0 aliphatic heterocycles. The standard InChI is InChI=1S/C15H22O/c1-9(2)10-8-11-14(3)6-5-7-15(11,4)13(14)12(10)16/h11,13H,5-8H2,1-4H3. The third kappa shape index (κ3) is 0.919. The minimum absolute atomic E-state index is 0.345. The summed E-state index contributed by atoms with van der Waals surface area (Å²) in [5, 5.41) is 0. The van der Waals surface area contributed by atoms with Crippen LogP contribution in [-0.4, -0.2) is 5.78 Å². The van der Waals surface area contributed by atoms with E-state index in [1.807, 2.05) is 0 Å². The SMILES string of the molecule is CC(C)=C1CC2C3(C)CCCC2(C)C3C1=O. The lowest BCUT2D eigenvalue weighted by Gasteiger charge is -2.73. The zero-order valence-electron chi connectivity index (χ0n) is 10.9. The molecule has 16 heavy (non-hydrogen) atoms. The predicted molar refractivity (Wildman–Crippen MR) is 65.0 cm³/mol. The molecule has 0 radical (unpaired) electrons. The lowest BCUT2D eigenvalue weighted by Crippen LogP contribution is -2.70. The van der Waals surface area contributed by atoms with E-state index in [1.165, 1.54) is 24.8 Å². The van der Waals surface area contributed by atoms with Crippen LogP contribution in [0.5, 0.6) is 0 Å². The van der Waals surface area contributed by atoms with Crippen molar-refractivity contribution in [3.8, 4) is 0 Å². The van der Waals surface area contributed by atoms with Crippen LogP contribution < -0.4 is 0 Å². The fourth-order valence-electron chi connectivity index (χ4n) is 5.29. The number of allylic oxidation sites excluding steroid dienone is 2. The van der Waals surface area contributed by atoms with Crippen LogP contribution in [0.3, 0.4) is 0 Å². The normalized spacial score (nSPS) is 50.0. The fraction of sp³-hybridized carbons (Fsp3) is 0.800. The van der Waals surface area contributed by atoms with Gasteiger partial charge in [0.1, 0.15) is 0 Å². The Labute approximate surface area is 98.3 Å². The van der Waals surface area contributed by atoms with Gasteiger partial charge in [0.2, 0.25) is 0 Å². The Morgan fingerprint density at radius 2 is 1.75 bits per heavy atom. The first kappa shape index (κ1) is 10.6. The van der Waals surface area contributed by atoms with Gasteiger partial charge in [-0.2, -0.15) is 0 Å². The average molecular weight is 218 g/mol. The number of carbonyl (C=O) groups excluding carboxylic acids is 1. The second-order valence-corrected chi connectivity index (χ2v) is 6.90. The maximum Gasteiger partial charge on any atom is 0.162 e. The molecular weight excluding hydrogens is 196 g/mol. The monoisotopic (exact) mass is 218 g/mol. The van der Waals surface area contributed by atoms with Crippen LogP contribution in [0, 0.1) is 22.7 Å². The van der Waals surface area contributed by atoms with Crippen LogP contribution in [-0.2, 0) is 4.79 Å². The average Bonchev–Trinajstić information content (AvgIpc) is 2.15. The van der Waals surface area contributed by atoms with Gasteiger partial charge in [-0.25, -0.2) is 0 Å². The molecular formula is C15H22O. The summed E-state index contributed by atoms with van der Waals surface area (Å²) in [5.74, 6) is 1.62. The third-order valence-electron chi connectivity index (χ3n) is 5.91. The van der Waals surface area contributed by atoms with Crippen LogP contribution in [0.15, 0.2) is 11.1 Å². The Balaban J connectivity index is 2.06. The summed E-state index contributed by atoms with van der Waals surface area (Å²) >= 11 is 0. The van der Waals surface area contributed by atoms with Gasteiger partial charge in [0.25, 0.3) is 0 Å². The highest BCUT2D eigenvalue weighted by molar-refractivity contribution is 6.01. The number of ketones is 1. The van der Waals surface area contributed by atoms with Gasteiger partial charge in [0.15, 0.2) is 5.78 Å². The highest BCUT2D eigenvalue weighted by atomic mass is 16.1. The summed E-state index contributed by atoms with van der Waals surface area (Å²) < 4.78 is 0. The van der Waals surface area contributed by atoms with Crippen molar-refractivity contribution in [2.45, 2.75) is 53.4 Å². The van der Waals surface area contributed by atoms with Crippen molar-refractivity contribution in [3.05, 3.63) is 11.1 Å². The van der Waals surface area contributed by atoms with Crippen LogP contribution in [0.4, 0.5) is 0 Å². The summed E-state index contributed by atoms with van der Waals surface area (Å²) in [6, 6.07) is 0. The first-order valence-electron chi connectivity index (χ1n) is 6.62. The quantitative estimate of drug-likeness (QED) is 0.566. The lowest BCUT2D eigenvalue weighted by atomic mass is 9.30. The molecule has 2 unspecified atom stereocenters. The Kier molecular flexibility index (Phi) is 1.85. The Morgan fingerprint density at radius 3 is 2.19 bits per heavy atom. The van der Waals surface area contributed by atoms with E-state index >= 15 is 0 Å². The molecule has 4 aliphatic rings. The van der Waals surface area contributed by atoms with Gasteiger partial charge in [-0.3, -0.25) is 4.79 Å². The number of fused-ring (bicyclic) bond motifs is 2. The van der Waals surface area contributed by atoms with Crippen LogP contribution >= 0.6 is 0 Å². The predicted octanol–water partition coefficient (Wildman–Crippen LogP) is 3.74. The van der Waals surface area contributed by atoms with Crippen LogP contribution in [0.25, 0.3) is 0 Å². The molecule has 0 N–H and O–H groups in total. The number of hydrogen-bond donors (Lipinski definition) is 0. The van der Waals surface area contributed by atoms with Gasteiger partial charge in [0, 0.05) is 5.92 Å². The number of rotatable bonds is 0. The number of hydrogen-bond acceptors (Lipinski definition) is 1. The van der Waals surface area contributed by atoms with Crippen LogP contribution in [0.1, 0.15) is 53.4 Å². The molecule has 88 valence electrons. The van der Waals surface area contributed by atoms with Crippen molar-refractivity contribution in [2.24, 2.45) is 22.7 Å². The lowest BCUT2D eigenvalue weighted by molar-refractivity contribution is -0.226. The van der Waals surface area contributed by atoms with Gasteiger partial charge >= 0.3 is 0 Å². The molecule has 2 atom stereocenters. The largest absolute Gasteiger partial charge is 0.294 e. The maximum atomic E-state index is 12.6. The van der Waals surface area contributed by atoms with Crippen molar-refractivity contribution in [1.29, 1.82) is 0 Å². The molecule has 1 heteroatoms. The van der Waals surface area contributed by atoms with E-state index in [0.29, 0.717) is 22.5 Å². The molecule has 0 saturated heterocycles. The molecule has 0 spiro atoms. The zero-order chi connectivity index (χ0) is 11.7. The minimum Gasteiger partial charge on any atom is -0.294 e. The van der Waals surface area contributed by atoms with E-state index in [-0.39, 0.29) is 0 Å². The molecule has 4 fully saturated rings. The maximum absolute atomic E-state index is 12.6. The van der Waals surface area contributed by atoms with Crippen molar-refractivity contribution in [2.75, 3.05) is 0 Å². The molecule has 4 aliphatic carbocycles. The van der Waals surface area contributed by atoms with Gasteiger partial charge in [-0.1, -0.05) is 25.8 Å². The first-order valence-corrected chi connectivity index (χ1v) is 6.62. The zero-order valence-corrected chi connectivity index (χ0v) is 10.9. The Hall–Kier alpha value is -0.590. The topological polar surface area (TPSA) is 17.1 Å². The molecule has 0 aromatic carbocycles. The summed E-state index contributed by atoms with van der Waals surface area (Å²) in [4.78, 5) is 12.6. The van der Waals surface area contributed by atoms with E-state index in [4.69, 9.17) is 0 Å². The van der Waals surface area contributed by atoms with Gasteiger partial charge in [0.05, 0.1) is 0 Å². The molecule has 0 aromatic heterocycles. The summed E-state index contributed by atoms with van der Waals surface area (Å²) in [5.41, 5.74) is 3.11. The highest BCUT2D eigenvalue weighted by Crippen LogP contribution is 2.75. The van der Waals surface area contributed by atoms with Crippen molar-refractivity contribution in [1.82, 2.24) is 0 Å². The highest BCUT2D eigenvalue weighted by Gasteiger charge is 2.72. The minimum atomic E-state index is 0.345.